The SMILES string of the molecule is CCOCCS(=O)(=O)NCC(=O)N1CC(C(=O)O)CCC1C. The van der Waals surface area contributed by atoms with Crippen molar-refractivity contribution in [2.45, 2.75) is 32.7 Å². The number of aliphatic carboxylic acids is 1. The number of piperidine rings is 1. The van der Waals surface area contributed by atoms with Crippen LogP contribution in [0.15, 0.2) is 0 Å². The van der Waals surface area contributed by atoms with Crippen molar-refractivity contribution in [3.8, 4) is 0 Å². The molecule has 1 fully saturated rings. The number of nitrogens with zero attached hydrogens (tertiary/aromatic N) is 1. The zero-order valence-corrected chi connectivity index (χ0v) is 13.8. The number of likely N-dealkylation sites (tertiary alicyclic amines) is 1. The van der Waals surface area contributed by atoms with Gasteiger partial charge < -0.3 is 14.7 Å². The number of rotatable bonds is 8. The fourth-order valence-electron chi connectivity index (χ4n) is 2.31. The largest absolute Gasteiger partial charge is 0.481 e. The molecule has 0 spiro atoms. The Morgan fingerprint density at radius 2 is 2.05 bits per heavy atom. The smallest absolute Gasteiger partial charge is 0.308 e. The highest BCUT2D eigenvalue weighted by atomic mass is 32.2. The number of carbonyl (C=O) groups is 2. The average molecular weight is 336 g/mol. The molecule has 1 saturated heterocycles. The quantitative estimate of drug-likeness (QED) is 0.586. The van der Waals surface area contributed by atoms with Gasteiger partial charge in [0.05, 0.1) is 24.8 Å². The fraction of sp³-hybridized carbons (Fsp3) is 0.846. The molecular formula is C13H24N2O6S. The van der Waals surface area contributed by atoms with E-state index in [2.05, 4.69) is 4.72 Å². The highest BCUT2D eigenvalue weighted by Crippen LogP contribution is 2.22. The van der Waals surface area contributed by atoms with Crippen LogP contribution in [0, 0.1) is 5.92 Å². The summed E-state index contributed by atoms with van der Waals surface area (Å²) in [6.45, 7) is 3.86. The minimum absolute atomic E-state index is 0.0707. The maximum Gasteiger partial charge on any atom is 0.308 e. The first-order chi connectivity index (χ1) is 10.3. The highest BCUT2D eigenvalue weighted by molar-refractivity contribution is 7.89. The lowest BCUT2D eigenvalue weighted by atomic mass is 9.93. The first-order valence-corrected chi connectivity index (χ1v) is 8.99. The minimum Gasteiger partial charge on any atom is -0.481 e. The summed E-state index contributed by atoms with van der Waals surface area (Å²) in [5.41, 5.74) is 0. The Morgan fingerprint density at radius 1 is 1.36 bits per heavy atom. The fourth-order valence-corrected chi connectivity index (χ4v) is 3.14. The Balaban J connectivity index is 2.51. The molecule has 0 aromatic carbocycles. The van der Waals surface area contributed by atoms with Crippen molar-refractivity contribution in [1.82, 2.24) is 9.62 Å². The molecule has 1 amide bonds. The summed E-state index contributed by atoms with van der Waals surface area (Å²) in [7, 11) is -3.57. The van der Waals surface area contributed by atoms with Gasteiger partial charge in [-0.15, -0.1) is 0 Å². The van der Waals surface area contributed by atoms with Gasteiger partial charge in [-0.2, -0.15) is 0 Å². The number of hydrogen-bond donors (Lipinski definition) is 2. The minimum atomic E-state index is -3.57. The van der Waals surface area contributed by atoms with E-state index < -0.39 is 27.8 Å². The monoisotopic (exact) mass is 336 g/mol. The normalized spacial score (nSPS) is 22.5. The number of carboxylic acids is 1. The lowest BCUT2D eigenvalue weighted by Gasteiger charge is -2.36. The Kier molecular flexibility index (Phi) is 7.24. The van der Waals surface area contributed by atoms with Crippen LogP contribution >= 0.6 is 0 Å². The van der Waals surface area contributed by atoms with E-state index in [-0.39, 0.29) is 31.5 Å². The van der Waals surface area contributed by atoms with E-state index in [1.54, 1.807) is 6.92 Å². The van der Waals surface area contributed by atoms with E-state index >= 15 is 0 Å². The van der Waals surface area contributed by atoms with Crippen LogP contribution in [0.1, 0.15) is 26.7 Å². The lowest BCUT2D eigenvalue weighted by molar-refractivity contribution is -0.146. The van der Waals surface area contributed by atoms with Crippen LogP contribution < -0.4 is 4.72 Å². The maximum absolute atomic E-state index is 12.1. The van der Waals surface area contributed by atoms with Crippen LogP contribution in [0.4, 0.5) is 0 Å². The van der Waals surface area contributed by atoms with Crippen molar-refractivity contribution in [3.63, 3.8) is 0 Å². The molecule has 0 aliphatic carbocycles. The van der Waals surface area contributed by atoms with Crippen molar-refractivity contribution in [2.24, 2.45) is 5.92 Å². The molecule has 8 nitrogen and oxygen atoms in total. The second kappa shape index (κ2) is 8.44. The van der Waals surface area contributed by atoms with Crippen molar-refractivity contribution >= 4 is 21.9 Å². The standard InChI is InChI=1S/C13H24N2O6S/c1-3-21-6-7-22(19,20)14-8-12(16)15-9-11(13(17)18)5-4-10(15)2/h10-11,14H,3-9H2,1-2H3,(H,17,18). The lowest BCUT2D eigenvalue weighted by Crippen LogP contribution is -2.50. The topological polar surface area (TPSA) is 113 Å². The molecule has 0 saturated carbocycles. The third-order valence-electron chi connectivity index (χ3n) is 3.70. The molecule has 0 aromatic heterocycles. The Hall–Kier alpha value is -1.19. The first-order valence-electron chi connectivity index (χ1n) is 7.34. The number of carboxylic acid groups (broad SMARTS) is 1. The Bertz CT molecular complexity index is 493. The highest BCUT2D eigenvalue weighted by Gasteiger charge is 2.32. The van der Waals surface area contributed by atoms with Gasteiger partial charge in [-0.05, 0) is 26.7 Å². The first kappa shape index (κ1) is 18.9. The Morgan fingerprint density at radius 3 is 2.64 bits per heavy atom. The van der Waals surface area contributed by atoms with Gasteiger partial charge in [-0.3, -0.25) is 9.59 Å². The van der Waals surface area contributed by atoms with E-state index in [0.29, 0.717) is 19.4 Å². The third kappa shape index (κ3) is 5.90. The third-order valence-corrected chi connectivity index (χ3v) is 4.98. The molecule has 0 radical (unpaired) electrons. The predicted octanol–water partition coefficient (Wildman–Crippen LogP) is -0.346. The van der Waals surface area contributed by atoms with Gasteiger partial charge in [-0.1, -0.05) is 0 Å². The number of hydrogen-bond acceptors (Lipinski definition) is 5. The van der Waals surface area contributed by atoms with Gasteiger partial charge in [-0.25, -0.2) is 13.1 Å². The van der Waals surface area contributed by atoms with E-state index in [4.69, 9.17) is 9.84 Å². The van der Waals surface area contributed by atoms with Crippen LogP contribution in [0.5, 0.6) is 0 Å². The summed E-state index contributed by atoms with van der Waals surface area (Å²) in [6.07, 6.45) is 1.13. The molecule has 2 atom stereocenters. The molecule has 22 heavy (non-hydrogen) atoms. The van der Waals surface area contributed by atoms with E-state index in [0.717, 1.165) is 0 Å². The molecule has 1 rings (SSSR count). The summed E-state index contributed by atoms with van der Waals surface area (Å²) >= 11 is 0. The van der Waals surface area contributed by atoms with Gasteiger partial charge in [0.2, 0.25) is 15.9 Å². The molecule has 9 heteroatoms. The summed E-state index contributed by atoms with van der Waals surface area (Å²) in [5, 5.41) is 9.04. The van der Waals surface area contributed by atoms with Crippen LogP contribution in [-0.4, -0.2) is 68.4 Å². The van der Waals surface area contributed by atoms with Gasteiger partial charge in [0.1, 0.15) is 0 Å². The van der Waals surface area contributed by atoms with Crippen molar-refractivity contribution in [1.29, 1.82) is 0 Å². The molecular weight excluding hydrogens is 312 g/mol. The molecule has 2 N–H and O–H groups in total. The number of amides is 1. The van der Waals surface area contributed by atoms with Gasteiger partial charge in [0.15, 0.2) is 0 Å². The van der Waals surface area contributed by atoms with Crippen LogP contribution in [0.25, 0.3) is 0 Å². The zero-order valence-electron chi connectivity index (χ0n) is 12.9. The molecule has 1 aliphatic heterocycles. The number of ether oxygens (including phenoxy) is 1. The van der Waals surface area contributed by atoms with E-state index in [1.807, 2.05) is 6.92 Å². The second-order valence-electron chi connectivity index (χ2n) is 5.34. The molecule has 2 unspecified atom stereocenters. The summed E-state index contributed by atoms with van der Waals surface area (Å²) in [6, 6.07) is -0.0870. The molecule has 128 valence electrons. The van der Waals surface area contributed by atoms with Crippen molar-refractivity contribution in [3.05, 3.63) is 0 Å². The van der Waals surface area contributed by atoms with Crippen LogP contribution in [-0.2, 0) is 24.3 Å². The van der Waals surface area contributed by atoms with Crippen molar-refractivity contribution < 1.29 is 27.9 Å². The summed E-state index contributed by atoms with van der Waals surface area (Å²) in [5.74, 6) is -2.13. The maximum atomic E-state index is 12.1. The summed E-state index contributed by atoms with van der Waals surface area (Å²) < 4.78 is 30.6. The number of nitrogens with one attached hydrogen (secondary N) is 1. The van der Waals surface area contributed by atoms with Gasteiger partial charge >= 0.3 is 5.97 Å². The van der Waals surface area contributed by atoms with Crippen LogP contribution in [0.2, 0.25) is 0 Å². The number of carbonyl (C=O) groups excluding carboxylic acids is 1. The van der Waals surface area contributed by atoms with E-state index in [1.165, 1.54) is 4.90 Å². The van der Waals surface area contributed by atoms with Gasteiger partial charge in [0, 0.05) is 19.2 Å². The Labute approximate surface area is 130 Å². The molecule has 1 aliphatic rings. The van der Waals surface area contributed by atoms with Gasteiger partial charge in [0.25, 0.3) is 0 Å². The van der Waals surface area contributed by atoms with Crippen molar-refractivity contribution in [2.75, 3.05) is 32.1 Å². The zero-order chi connectivity index (χ0) is 16.8. The molecule has 0 aromatic rings. The molecule has 0 bridgehead atoms. The molecule has 1 heterocycles. The van der Waals surface area contributed by atoms with Crippen LogP contribution in [0.3, 0.4) is 0 Å². The number of sulfonamides is 1. The summed E-state index contributed by atoms with van der Waals surface area (Å²) in [4.78, 5) is 24.6. The second-order valence-corrected chi connectivity index (χ2v) is 7.27. The average Bonchev–Trinajstić information content (AvgIpc) is 2.45. The predicted molar refractivity (Wildman–Crippen MR) is 79.8 cm³/mol. The van der Waals surface area contributed by atoms with E-state index in [9.17, 15) is 18.0 Å².